The van der Waals surface area contributed by atoms with Gasteiger partial charge in [-0.3, -0.25) is 4.79 Å². The Morgan fingerprint density at radius 1 is 0.875 bits per heavy atom. The number of thiazole rings is 1. The van der Waals surface area contributed by atoms with Gasteiger partial charge in [-0.25, -0.2) is 0 Å². The number of hydrogen-bond acceptors (Lipinski definition) is 9. The Balaban J connectivity index is 1.82. The number of para-hydroxylation sites is 1. The Bertz CT molecular complexity index is 1370. The molecule has 0 aliphatic heterocycles. The molecule has 0 aliphatic rings. The van der Waals surface area contributed by atoms with Gasteiger partial charge in [-0.05, 0) is 24.3 Å². The maximum Gasteiger partial charge on any atom is 0.291 e. The molecule has 4 rings (SSSR count). The van der Waals surface area contributed by atoms with Crippen molar-refractivity contribution >= 4 is 22.4 Å². The maximum absolute atomic E-state index is 13.0. The number of benzene rings is 2. The van der Waals surface area contributed by atoms with Crippen LogP contribution in [0.2, 0.25) is 0 Å². The molecule has 0 unspecified atom stereocenters. The summed E-state index contributed by atoms with van der Waals surface area (Å²) in [6, 6.07) is 8.94. The predicted molar refractivity (Wildman–Crippen MR) is 121 cm³/mol. The molecule has 2 aromatic heterocycles. The van der Waals surface area contributed by atoms with Crippen LogP contribution >= 0.6 is 11.3 Å². The molecule has 0 saturated heterocycles. The molecule has 0 radical (unpaired) electrons. The van der Waals surface area contributed by atoms with Crippen molar-refractivity contribution in [3.8, 4) is 40.1 Å². The minimum absolute atomic E-state index is 0.277. The second-order valence-electron chi connectivity index (χ2n) is 6.54. The number of fused-ring (bicyclic) bond motifs is 1. The number of methoxy groups -OCH3 is 5. The van der Waals surface area contributed by atoms with Crippen molar-refractivity contribution in [1.29, 1.82) is 0 Å². The van der Waals surface area contributed by atoms with Gasteiger partial charge < -0.3 is 23.7 Å². The zero-order valence-corrected chi connectivity index (χ0v) is 19.0. The summed E-state index contributed by atoms with van der Waals surface area (Å²) in [6.07, 6.45) is 1.74. The van der Waals surface area contributed by atoms with E-state index in [-0.39, 0.29) is 5.56 Å². The third-order valence-corrected chi connectivity index (χ3v) is 5.78. The van der Waals surface area contributed by atoms with E-state index in [1.54, 1.807) is 38.5 Å². The first-order valence-corrected chi connectivity index (χ1v) is 10.3. The van der Waals surface area contributed by atoms with Crippen LogP contribution in [0.1, 0.15) is 5.56 Å². The molecule has 0 atom stereocenters. The summed E-state index contributed by atoms with van der Waals surface area (Å²) < 4.78 is 28.7. The molecule has 0 fully saturated rings. The first-order chi connectivity index (χ1) is 15.5. The first kappa shape index (κ1) is 21.4. The number of ether oxygens (including phenoxy) is 5. The molecule has 166 valence electrons. The summed E-state index contributed by atoms with van der Waals surface area (Å²) in [7, 11) is 7.72. The molecule has 2 aromatic carbocycles. The molecule has 0 N–H and O–H groups in total. The highest BCUT2D eigenvalue weighted by atomic mass is 32.1. The molecule has 4 aromatic rings. The molecule has 0 bridgehead atoms. The lowest BCUT2D eigenvalue weighted by molar-refractivity contribution is 0.324. The summed E-state index contributed by atoms with van der Waals surface area (Å²) in [5.74, 6) is 2.92. The van der Waals surface area contributed by atoms with Crippen LogP contribution < -0.4 is 33.8 Å². The fourth-order valence-corrected chi connectivity index (χ4v) is 4.23. The summed E-state index contributed by atoms with van der Waals surface area (Å²) in [4.78, 5) is 18.0. The monoisotopic (exact) mass is 455 g/mol. The van der Waals surface area contributed by atoms with Gasteiger partial charge in [0.05, 0.1) is 40.1 Å². The van der Waals surface area contributed by atoms with Gasteiger partial charge in [0.2, 0.25) is 10.7 Å². The number of aromatic nitrogens is 3. The standard InChI is InChI=1S/C22H21N3O6S/c1-27-14-8-6-7-12(18(14)30-4)11-17-21(26)25-22(32-17)23-20(24-25)13-9-15(28-2)19(31-5)16(10-13)29-3/h6-11H,1-5H3/b17-11-. The van der Waals surface area contributed by atoms with Crippen molar-refractivity contribution in [2.45, 2.75) is 0 Å². The normalized spacial score (nSPS) is 11.6. The highest BCUT2D eigenvalue weighted by Crippen LogP contribution is 2.40. The molecule has 0 amide bonds. The predicted octanol–water partition coefficient (Wildman–Crippen LogP) is 2.41. The van der Waals surface area contributed by atoms with Crippen molar-refractivity contribution in [2.75, 3.05) is 35.5 Å². The fourth-order valence-electron chi connectivity index (χ4n) is 3.33. The average Bonchev–Trinajstić information content (AvgIpc) is 3.36. The van der Waals surface area contributed by atoms with Crippen LogP contribution in [0.15, 0.2) is 35.1 Å². The van der Waals surface area contributed by atoms with E-state index in [1.807, 2.05) is 12.1 Å². The summed E-state index contributed by atoms with van der Waals surface area (Å²) >= 11 is 1.23. The lowest BCUT2D eigenvalue weighted by Crippen LogP contribution is -2.23. The largest absolute Gasteiger partial charge is 0.493 e. The number of hydrogen-bond donors (Lipinski definition) is 0. The fraction of sp³-hybridized carbons (Fsp3) is 0.227. The third kappa shape index (κ3) is 3.58. The van der Waals surface area contributed by atoms with Crippen molar-refractivity contribution < 1.29 is 23.7 Å². The van der Waals surface area contributed by atoms with Crippen LogP contribution in [0.25, 0.3) is 22.4 Å². The minimum atomic E-state index is -0.277. The molecule has 10 heteroatoms. The van der Waals surface area contributed by atoms with Gasteiger partial charge in [0, 0.05) is 11.1 Å². The molecular weight excluding hydrogens is 434 g/mol. The zero-order chi connectivity index (χ0) is 22.8. The summed E-state index contributed by atoms with van der Waals surface area (Å²) in [6.45, 7) is 0. The van der Waals surface area contributed by atoms with Crippen molar-refractivity contribution in [3.63, 3.8) is 0 Å². The van der Waals surface area contributed by atoms with E-state index in [1.165, 1.54) is 37.2 Å². The van der Waals surface area contributed by atoms with Crippen LogP contribution in [0.5, 0.6) is 28.7 Å². The van der Waals surface area contributed by atoms with E-state index in [9.17, 15) is 4.79 Å². The number of rotatable bonds is 7. The van der Waals surface area contributed by atoms with Gasteiger partial charge in [-0.1, -0.05) is 23.5 Å². The van der Waals surface area contributed by atoms with Crippen LogP contribution in [0.4, 0.5) is 0 Å². The smallest absolute Gasteiger partial charge is 0.291 e. The maximum atomic E-state index is 13.0. The van der Waals surface area contributed by atoms with E-state index in [4.69, 9.17) is 23.7 Å². The van der Waals surface area contributed by atoms with Crippen LogP contribution in [-0.2, 0) is 0 Å². The van der Waals surface area contributed by atoms with E-state index in [2.05, 4.69) is 10.1 Å². The van der Waals surface area contributed by atoms with E-state index in [0.717, 1.165) is 5.56 Å². The Morgan fingerprint density at radius 3 is 2.09 bits per heavy atom. The quantitative estimate of drug-likeness (QED) is 0.420. The van der Waals surface area contributed by atoms with Gasteiger partial charge in [-0.2, -0.15) is 9.50 Å². The molecule has 0 aliphatic carbocycles. The topological polar surface area (TPSA) is 93.4 Å². The average molecular weight is 455 g/mol. The highest BCUT2D eigenvalue weighted by molar-refractivity contribution is 7.15. The van der Waals surface area contributed by atoms with E-state index >= 15 is 0 Å². The van der Waals surface area contributed by atoms with E-state index in [0.29, 0.717) is 49.6 Å². The summed E-state index contributed by atoms with van der Waals surface area (Å²) in [5, 5.41) is 4.40. The molecule has 32 heavy (non-hydrogen) atoms. The van der Waals surface area contributed by atoms with Crippen molar-refractivity contribution in [3.05, 3.63) is 50.8 Å². The van der Waals surface area contributed by atoms with Gasteiger partial charge in [-0.15, -0.1) is 5.10 Å². The molecule has 0 spiro atoms. The second-order valence-corrected chi connectivity index (χ2v) is 7.55. The Kier molecular flexibility index (Phi) is 5.87. The van der Waals surface area contributed by atoms with Crippen molar-refractivity contribution in [2.24, 2.45) is 0 Å². The van der Waals surface area contributed by atoms with Crippen LogP contribution in [0.3, 0.4) is 0 Å². The SMILES string of the molecule is COc1cccc(/C=c2\sc3nc(-c4cc(OC)c(OC)c(OC)c4)nn3c2=O)c1OC. The third-order valence-electron chi connectivity index (χ3n) is 4.82. The minimum Gasteiger partial charge on any atom is -0.493 e. The molecule has 0 saturated carbocycles. The lowest BCUT2D eigenvalue weighted by atomic mass is 10.1. The van der Waals surface area contributed by atoms with E-state index < -0.39 is 0 Å². The van der Waals surface area contributed by atoms with Gasteiger partial charge >= 0.3 is 0 Å². The van der Waals surface area contributed by atoms with Gasteiger partial charge in [0.1, 0.15) is 0 Å². The number of nitrogens with zero attached hydrogens (tertiary/aromatic N) is 3. The molecule has 9 nitrogen and oxygen atoms in total. The summed E-state index contributed by atoms with van der Waals surface area (Å²) in [5.41, 5.74) is 1.08. The second kappa shape index (κ2) is 8.75. The van der Waals surface area contributed by atoms with Crippen molar-refractivity contribution in [1.82, 2.24) is 14.6 Å². The van der Waals surface area contributed by atoms with Gasteiger partial charge in [0.25, 0.3) is 5.56 Å². The lowest BCUT2D eigenvalue weighted by Gasteiger charge is -2.12. The molecule has 2 heterocycles. The van der Waals surface area contributed by atoms with Crippen LogP contribution in [-0.4, -0.2) is 50.1 Å². The molecular formula is C22H21N3O6S. The van der Waals surface area contributed by atoms with Crippen LogP contribution in [0, 0.1) is 0 Å². The highest BCUT2D eigenvalue weighted by Gasteiger charge is 2.18. The first-order valence-electron chi connectivity index (χ1n) is 9.47. The Hall–Kier alpha value is -3.79. The Morgan fingerprint density at radius 2 is 1.53 bits per heavy atom. The Labute approximate surface area is 187 Å². The zero-order valence-electron chi connectivity index (χ0n) is 18.2. The van der Waals surface area contributed by atoms with Gasteiger partial charge in [0.15, 0.2) is 28.8 Å².